The lowest BCUT2D eigenvalue weighted by atomic mass is 9.69. The standard InChI is InChI=1S/C15H21F2N/c1-10-5-6-15(18,8-11(10)2)9-12-3-4-13(16)14(17)7-12/h3-4,7,10-11H,5-6,8-9,18H2,1-2H3. The number of hydrogen-bond donors (Lipinski definition) is 1. The van der Waals surface area contributed by atoms with Crippen molar-refractivity contribution >= 4 is 0 Å². The van der Waals surface area contributed by atoms with Crippen molar-refractivity contribution in [1.29, 1.82) is 0 Å². The molecule has 1 aliphatic carbocycles. The molecule has 1 aromatic rings. The molecule has 3 heteroatoms. The van der Waals surface area contributed by atoms with E-state index in [4.69, 9.17) is 5.73 Å². The lowest BCUT2D eigenvalue weighted by Gasteiger charge is -2.40. The van der Waals surface area contributed by atoms with E-state index in [2.05, 4.69) is 13.8 Å². The summed E-state index contributed by atoms with van der Waals surface area (Å²) in [6.45, 7) is 4.47. The van der Waals surface area contributed by atoms with Crippen LogP contribution in [0.3, 0.4) is 0 Å². The van der Waals surface area contributed by atoms with Gasteiger partial charge in [-0.15, -0.1) is 0 Å². The second kappa shape index (κ2) is 4.96. The number of rotatable bonds is 2. The smallest absolute Gasteiger partial charge is 0.159 e. The summed E-state index contributed by atoms with van der Waals surface area (Å²) in [7, 11) is 0. The fourth-order valence-electron chi connectivity index (χ4n) is 2.96. The predicted octanol–water partition coefficient (Wildman–Crippen LogP) is 3.66. The minimum atomic E-state index is -0.796. The Kier molecular flexibility index (Phi) is 3.71. The average molecular weight is 253 g/mol. The fraction of sp³-hybridized carbons (Fsp3) is 0.600. The first kappa shape index (κ1) is 13.5. The molecule has 0 spiro atoms. The van der Waals surface area contributed by atoms with Crippen LogP contribution in [0.15, 0.2) is 18.2 Å². The molecule has 1 fully saturated rings. The number of halogens is 2. The van der Waals surface area contributed by atoms with Crippen molar-refractivity contribution in [2.24, 2.45) is 17.6 Å². The van der Waals surface area contributed by atoms with E-state index < -0.39 is 11.6 Å². The molecule has 1 aromatic carbocycles. The first-order chi connectivity index (χ1) is 8.39. The molecular formula is C15H21F2N. The van der Waals surface area contributed by atoms with Gasteiger partial charge in [-0.25, -0.2) is 8.78 Å². The quantitative estimate of drug-likeness (QED) is 0.855. The first-order valence-corrected chi connectivity index (χ1v) is 6.62. The molecule has 18 heavy (non-hydrogen) atoms. The highest BCUT2D eigenvalue weighted by Crippen LogP contribution is 2.36. The zero-order chi connectivity index (χ0) is 13.3. The van der Waals surface area contributed by atoms with Gasteiger partial charge >= 0.3 is 0 Å². The molecule has 100 valence electrons. The molecule has 0 aromatic heterocycles. The third-order valence-electron chi connectivity index (χ3n) is 4.34. The zero-order valence-corrected chi connectivity index (χ0v) is 11.0. The van der Waals surface area contributed by atoms with Crippen LogP contribution in [0, 0.1) is 23.5 Å². The van der Waals surface area contributed by atoms with Gasteiger partial charge in [0.15, 0.2) is 11.6 Å². The van der Waals surface area contributed by atoms with E-state index in [1.807, 2.05) is 0 Å². The maximum atomic E-state index is 13.2. The van der Waals surface area contributed by atoms with E-state index in [-0.39, 0.29) is 5.54 Å². The van der Waals surface area contributed by atoms with Crippen molar-refractivity contribution in [2.45, 2.75) is 45.1 Å². The van der Waals surface area contributed by atoms with Crippen LogP contribution < -0.4 is 5.73 Å². The first-order valence-electron chi connectivity index (χ1n) is 6.62. The molecule has 3 unspecified atom stereocenters. The van der Waals surface area contributed by atoms with E-state index >= 15 is 0 Å². The van der Waals surface area contributed by atoms with Crippen molar-refractivity contribution in [1.82, 2.24) is 0 Å². The Morgan fingerprint density at radius 2 is 1.94 bits per heavy atom. The van der Waals surface area contributed by atoms with Gasteiger partial charge in [0, 0.05) is 5.54 Å². The minimum absolute atomic E-state index is 0.268. The molecule has 0 heterocycles. The highest BCUT2D eigenvalue weighted by atomic mass is 19.2. The molecular weight excluding hydrogens is 232 g/mol. The average Bonchev–Trinajstić information content (AvgIpc) is 2.29. The topological polar surface area (TPSA) is 26.0 Å². The molecule has 1 aliphatic rings. The normalized spacial score (nSPS) is 32.5. The molecule has 0 aliphatic heterocycles. The van der Waals surface area contributed by atoms with Crippen molar-refractivity contribution in [3.63, 3.8) is 0 Å². The second-order valence-corrected chi connectivity index (χ2v) is 5.98. The van der Waals surface area contributed by atoms with E-state index in [1.165, 1.54) is 12.1 Å². The van der Waals surface area contributed by atoms with Gasteiger partial charge in [-0.3, -0.25) is 0 Å². The molecule has 1 saturated carbocycles. The Balaban J connectivity index is 2.10. The van der Waals surface area contributed by atoms with Crippen LogP contribution in [0.1, 0.15) is 38.7 Å². The van der Waals surface area contributed by atoms with Gasteiger partial charge in [0.05, 0.1) is 0 Å². The molecule has 0 amide bonds. The molecule has 2 rings (SSSR count). The molecule has 0 radical (unpaired) electrons. The summed E-state index contributed by atoms with van der Waals surface area (Å²) in [5.41, 5.74) is 6.94. The van der Waals surface area contributed by atoms with Crippen LogP contribution in [0.25, 0.3) is 0 Å². The maximum Gasteiger partial charge on any atom is 0.159 e. The Hall–Kier alpha value is -0.960. The van der Waals surface area contributed by atoms with E-state index in [0.29, 0.717) is 18.3 Å². The van der Waals surface area contributed by atoms with E-state index in [1.54, 1.807) is 6.07 Å². The molecule has 2 N–H and O–H groups in total. The number of nitrogens with two attached hydrogens (primary N) is 1. The van der Waals surface area contributed by atoms with Crippen LogP contribution in [0.5, 0.6) is 0 Å². The Morgan fingerprint density at radius 3 is 2.56 bits per heavy atom. The summed E-state index contributed by atoms with van der Waals surface area (Å²) in [5.74, 6) is -0.288. The lowest BCUT2D eigenvalue weighted by molar-refractivity contribution is 0.175. The maximum absolute atomic E-state index is 13.2. The minimum Gasteiger partial charge on any atom is -0.325 e. The van der Waals surface area contributed by atoms with Gasteiger partial charge in [-0.05, 0) is 55.2 Å². The summed E-state index contributed by atoms with van der Waals surface area (Å²) in [4.78, 5) is 0. The molecule has 3 atom stereocenters. The summed E-state index contributed by atoms with van der Waals surface area (Å²) in [5, 5.41) is 0. The van der Waals surface area contributed by atoms with Crippen LogP contribution in [-0.4, -0.2) is 5.54 Å². The molecule has 0 saturated heterocycles. The van der Waals surface area contributed by atoms with Gasteiger partial charge in [0.2, 0.25) is 0 Å². The van der Waals surface area contributed by atoms with Gasteiger partial charge in [0.25, 0.3) is 0 Å². The Labute approximate surface area is 107 Å². The third-order valence-corrected chi connectivity index (χ3v) is 4.34. The van der Waals surface area contributed by atoms with E-state index in [0.717, 1.165) is 24.8 Å². The van der Waals surface area contributed by atoms with Crippen LogP contribution in [0.4, 0.5) is 8.78 Å². The highest BCUT2D eigenvalue weighted by molar-refractivity contribution is 5.20. The lowest BCUT2D eigenvalue weighted by Crippen LogP contribution is -2.47. The van der Waals surface area contributed by atoms with Crippen molar-refractivity contribution < 1.29 is 8.78 Å². The van der Waals surface area contributed by atoms with Gasteiger partial charge in [0.1, 0.15) is 0 Å². The van der Waals surface area contributed by atoms with Crippen LogP contribution in [0.2, 0.25) is 0 Å². The van der Waals surface area contributed by atoms with Crippen molar-refractivity contribution in [3.8, 4) is 0 Å². The van der Waals surface area contributed by atoms with Crippen LogP contribution in [-0.2, 0) is 6.42 Å². The monoisotopic (exact) mass is 253 g/mol. The highest BCUT2D eigenvalue weighted by Gasteiger charge is 2.34. The predicted molar refractivity (Wildman–Crippen MR) is 69.2 cm³/mol. The van der Waals surface area contributed by atoms with Crippen molar-refractivity contribution in [3.05, 3.63) is 35.4 Å². The van der Waals surface area contributed by atoms with E-state index in [9.17, 15) is 8.78 Å². The Bertz CT molecular complexity index is 433. The summed E-state index contributed by atoms with van der Waals surface area (Å²) in [6.07, 6.45) is 3.65. The van der Waals surface area contributed by atoms with Gasteiger partial charge < -0.3 is 5.73 Å². The molecule has 1 nitrogen and oxygen atoms in total. The molecule has 0 bridgehead atoms. The number of hydrogen-bond acceptors (Lipinski definition) is 1. The fourth-order valence-corrected chi connectivity index (χ4v) is 2.96. The van der Waals surface area contributed by atoms with Crippen LogP contribution >= 0.6 is 0 Å². The largest absolute Gasteiger partial charge is 0.325 e. The van der Waals surface area contributed by atoms with Gasteiger partial charge in [-0.2, -0.15) is 0 Å². The summed E-state index contributed by atoms with van der Waals surface area (Å²) < 4.78 is 26.1. The number of benzene rings is 1. The zero-order valence-electron chi connectivity index (χ0n) is 11.0. The van der Waals surface area contributed by atoms with Gasteiger partial charge in [-0.1, -0.05) is 19.9 Å². The Morgan fingerprint density at radius 1 is 1.22 bits per heavy atom. The second-order valence-electron chi connectivity index (χ2n) is 5.98. The third kappa shape index (κ3) is 2.89. The summed E-state index contributed by atoms with van der Waals surface area (Å²) >= 11 is 0. The van der Waals surface area contributed by atoms with Crippen molar-refractivity contribution in [2.75, 3.05) is 0 Å². The summed E-state index contributed by atoms with van der Waals surface area (Å²) in [6, 6.07) is 4.09. The SMILES string of the molecule is CC1CCC(N)(Cc2ccc(F)c(F)c2)CC1C.